The molecule has 1 heterocycles. The number of hydrogen-bond acceptors (Lipinski definition) is 4. The molecule has 0 aliphatic carbocycles. The van der Waals surface area contributed by atoms with Gasteiger partial charge in [-0.2, -0.15) is 0 Å². The molecule has 2 unspecified atom stereocenters. The van der Waals surface area contributed by atoms with Crippen LogP contribution < -0.4 is 5.48 Å². The fraction of sp³-hybridized carbons (Fsp3) is 1.00. The molecule has 1 fully saturated rings. The van der Waals surface area contributed by atoms with Gasteiger partial charge in [-0.25, -0.2) is 5.48 Å². The van der Waals surface area contributed by atoms with Gasteiger partial charge in [-0.3, -0.25) is 4.53 Å². The first-order chi connectivity index (χ1) is 7.72. The van der Waals surface area contributed by atoms with Crippen LogP contribution in [0.1, 0.15) is 26.7 Å². The summed E-state index contributed by atoms with van der Waals surface area (Å²) in [5.74, 6) is 1.19. The van der Waals surface area contributed by atoms with E-state index in [0.29, 0.717) is 18.4 Å². The first-order valence-corrected chi connectivity index (χ1v) is 8.44. The van der Waals surface area contributed by atoms with Crippen molar-refractivity contribution in [2.75, 3.05) is 25.6 Å². The molecule has 6 heteroatoms. The minimum atomic E-state index is -2.51. The third kappa shape index (κ3) is 4.69. The Balaban J connectivity index is 2.52. The van der Waals surface area contributed by atoms with Crippen LogP contribution in [0.15, 0.2) is 0 Å². The first kappa shape index (κ1) is 14.4. The SMILES string of the molecule is CCO[Si]1(CCCCl)OCCC(C)CNO1. The smallest absolute Gasteiger partial charge is 0.373 e. The second-order valence-corrected chi connectivity index (χ2v) is 7.13. The second-order valence-electron chi connectivity index (χ2n) is 4.10. The zero-order valence-electron chi connectivity index (χ0n) is 10.1. The molecule has 4 nitrogen and oxygen atoms in total. The summed E-state index contributed by atoms with van der Waals surface area (Å²) in [6.07, 6.45) is 1.91. The third-order valence-corrected chi connectivity index (χ3v) is 5.63. The van der Waals surface area contributed by atoms with E-state index in [0.717, 1.165) is 32.0 Å². The molecule has 0 radical (unpaired) electrons. The first-order valence-electron chi connectivity index (χ1n) is 5.97. The van der Waals surface area contributed by atoms with Gasteiger partial charge in [0, 0.05) is 31.7 Å². The summed E-state index contributed by atoms with van der Waals surface area (Å²) >= 11 is 5.71. The monoisotopic (exact) mass is 267 g/mol. The Kier molecular flexibility index (Phi) is 6.87. The van der Waals surface area contributed by atoms with Gasteiger partial charge in [0.05, 0.1) is 0 Å². The highest BCUT2D eigenvalue weighted by molar-refractivity contribution is 6.60. The van der Waals surface area contributed by atoms with Crippen molar-refractivity contribution < 1.29 is 13.4 Å². The van der Waals surface area contributed by atoms with Crippen LogP contribution in [0, 0.1) is 5.92 Å². The fourth-order valence-electron chi connectivity index (χ4n) is 1.61. The summed E-state index contributed by atoms with van der Waals surface area (Å²) in [6.45, 7) is 6.33. The quantitative estimate of drug-likeness (QED) is 0.612. The number of rotatable bonds is 5. The molecular formula is C10H22ClNO3Si. The molecule has 0 aromatic rings. The van der Waals surface area contributed by atoms with E-state index in [9.17, 15) is 0 Å². The molecule has 16 heavy (non-hydrogen) atoms. The summed E-state index contributed by atoms with van der Waals surface area (Å²) < 4.78 is 17.2. The Morgan fingerprint density at radius 2 is 2.38 bits per heavy atom. The van der Waals surface area contributed by atoms with Crippen molar-refractivity contribution in [2.24, 2.45) is 5.92 Å². The number of alkyl halides is 1. The normalized spacial score (nSPS) is 32.1. The van der Waals surface area contributed by atoms with Gasteiger partial charge in [-0.05, 0) is 25.7 Å². The molecule has 1 aliphatic heterocycles. The molecule has 0 bridgehead atoms. The summed E-state index contributed by atoms with van der Waals surface area (Å²) in [5.41, 5.74) is 2.99. The van der Waals surface area contributed by atoms with Crippen LogP contribution in [0.5, 0.6) is 0 Å². The van der Waals surface area contributed by atoms with Gasteiger partial charge in [0.15, 0.2) is 0 Å². The van der Waals surface area contributed by atoms with E-state index in [4.69, 9.17) is 25.0 Å². The lowest BCUT2D eigenvalue weighted by atomic mass is 10.1. The minimum absolute atomic E-state index is 0.571. The predicted molar refractivity (Wildman–Crippen MR) is 66.3 cm³/mol. The summed E-state index contributed by atoms with van der Waals surface area (Å²) in [4.78, 5) is 0. The van der Waals surface area contributed by atoms with E-state index < -0.39 is 8.80 Å². The van der Waals surface area contributed by atoms with Crippen LogP contribution in [-0.2, 0) is 13.4 Å². The molecule has 1 aliphatic rings. The third-order valence-electron chi connectivity index (χ3n) is 2.57. The lowest BCUT2D eigenvalue weighted by molar-refractivity contribution is 0.00126. The maximum absolute atomic E-state index is 5.86. The van der Waals surface area contributed by atoms with E-state index in [1.54, 1.807) is 0 Å². The molecule has 96 valence electrons. The molecule has 2 atom stereocenters. The van der Waals surface area contributed by atoms with Crippen molar-refractivity contribution in [1.82, 2.24) is 5.48 Å². The number of nitrogens with one attached hydrogen (secondary N) is 1. The van der Waals surface area contributed by atoms with Gasteiger partial charge in [-0.15, -0.1) is 11.6 Å². The van der Waals surface area contributed by atoms with Crippen molar-refractivity contribution in [1.29, 1.82) is 0 Å². The van der Waals surface area contributed by atoms with Crippen LogP contribution >= 0.6 is 11.6 Å². The largest absolute Gasteiger partial charge is 0.517 e. The van der Waals surface area contributed by atoms with Crippen molar-refractivity contribution in [3.05, 3.63) is 0 Å². The number of hydrogen-bond donors (Lipinski definition) is 1. The van der Waals surface area contributed by atoms with Crippen LogP contribution in [-0.4, -0.2) is 34.4 Å². The predicted octanol–water partition coefficient (Wildman–Crippen LogP) is 2.17. The minimum Gasteiger partial charge on any atom is -0.373 e. The Morgan fingerprint density at radius 3 is 3.06 bits per heavy atom. The number of hydroxylamine groups is 1. The Bertz CT molecular complexity index is 187. The topological polar surface area (TPSA) is 39.7 Å². The van der Waals surface area contributed by atoms with Crippen LogP contribution in [0.2, 0.25) is 6.04 Å². The maximum atomic E-state index is 5.86. The maximum Gasteiger partial charge on any atom is 0.517 e. The van der Waals surface area contributed by atoms with Crippen molar-refractivity contribution in [2.45, 2.75) is 32.7 Å². The highest BCUT2D eigenvalue weighted by Crippen LogP contribution is 2.20. The highest BCUT2D eigenvalue weighted by atomic mass is 35.5. The van der Waals surface area contributed by atoms with Crippen molar-refractivity contribution in [3.8, 4) is 0 Å². The van der Waals surface area contributed by atoms with Crippen LogP contribution in [0.25, 0.3) is 0 Å². The van der Waals surface area contributed by atoms with Gasteiger partial charge in [0.1, 0.15) is 0 Å². The van der Waals surface area contributed by atoms with Gasteiger partial charge in [-0.1, -0.05) is 6.92 Å². The van der Waals surface area contributed by atoms with Crippen LogP contribution in [0.3, 0.4) is 0 Å². The lowest BCUT2D eigenvalue weighted by Gasteiger charge is -2.32. The van der Waals surface area contributed by atoms with Gasteiger partial charge >= 0.3 is 8.80 Å². The van der Waals surface area contributed by atoms with Crippen molar-refractivity contribution in [3.63, 3.8) is 0 Å². The Hall–Kier alpha value is 0.347. The zero-order valence-corrected chi connectivity index (χ0v) is 11.9. The lowest BCUT2D eigenvalue weighted by Crippen LogP contribution is -2.51. The molecule has 0 amide bonds. The van der Waals surface area contributed by atoms with E-state index in [1.807, 2.05) is 6.92 Å². The Labute approximate surface area is 104 Å². The molecule has 0 aromatic carbocycles. The molecule has 0 aromatic heterocycles. The van der Waals surface area contributed by atoms with Gasteiger partial charge in [0.2, 0.25) is 0 Å². The summed E-state index contributed by atoms with van der Waals surface area (Å²) in [5, 5.41) is 0. The summed E-state index contributed by atoms with van der Waals surface area (Å²) in [7, 11) is -2.51. The second kappa shape index (κ2) is 7.63. The molecule has 1 rings (SSSR count). The Morgan fingerprint density at radius 1 is 1.56 bits per heavy atom. The summed E-state index contributed by atoms with van der Waals surface area (Å²) in [6, 6.07) is 0.783. The standard InChI is InChI=1S/C10H22ClNO3Si/c1-3-13-16(8-4-6-11)14-7-5-10(2)9-12-15-16/h10,12H,3-9H2,1-2H3. The van der Waals surface area contributed by atoms with Crippen LogP contribution in [0.4, 0.5) is 0 Å². The molecular weight excluding hydrogens is 246 g/mol. The van der Waals surface area contributed by atoms with Crippen molar-refractivity contribution >= 4 is 20.4 Å². The van der Waals surface area contributed by atoms with E-state index in [-0.39, 0.29) is 0 Å². The van der Waals surface area contributed by atoms with E-state index >= 15 is 0 Å². The molecule has 1 saturated heterocycles. The highest BCUT2D eigenvalue weighted by Gasteiger charge is 2.42. The molecule has 0 saturated carbocycles. The van der Waals surface area contributed by atoms with Gasteiger partial charge < -0.3 is 8.85 Å². The van der Waals surface area contributed by atoms with E-state index in [1.165, 1.54) is 0 Å². The van der Waals surface area contributed by atoms with E-state index in [2.05, 4.69) is 12.4 Å². The average molecular weight is 268 g/mol. The zero-order chi connectivity index (χ0) is 11.9. The number of halogens is 1. The fourth-order valence-corrected chi connectivity index (χ4v) is 4.34. The van der Waals surface area contributed by atoms with Gasteiger partial charge in [0.25, 0.3) is 0 Å². The molecule has 1 N–H and O–H groups in total. The molecule has 0 spiro atoms. The average Bonchev–Trinajstić information content (AvgIpc) is 2.24.